The highest BCUT2D eigenvalue weighted by atomic mass is 32.1. The van der Waals surface area contributed by atoms with E-state index in [4.69, 9.17) is 9.52 Å². The quantitative estimate of drug-likeness (QED) is 0.844. The number of carboxylic acids is 1. The summed E-state index contributed by atoms with van der Waals surface area (Å²) in [5.41, 5.74) is -0.373. The molecule has 0 aliphatic carbocycles. The number of thiophene rings is 1. The lowest BCUT2D eigenvalue weighted by atomic mass is 10.3. The molecule has 0 spiro atoms. The Balaban J connectivity index is 2.59. The number of hydrogen-bond acceptors (Lipinski definition) is 4. The summed E-state index contributed by atoms with van der Waals surface area (Å²) in [5.74, 6) is -1.30. The molecule has 1 N–H and O–H groups in total. The first-order chi connectivity index (χ1) is 7.16. The molecule has 76 valence electrons. The molecule has 2 heterocycles. The standard InChI is InChI=1S/C10H6O4S/c11-6-4-7(9-2-1-3-15-9)14-8(5-6)10(12)13/h1-5H,(H,12,13). The molecule has 0 fully saturated rings. The van der Waals surface area contributed by atoms with Crippen molar-refractivity contribution in [3.63, 3.8) is 0 Å². The molecule has 15 heavy (non-hydrogen) atoms. The SMILES string of the molecule is O=C(O)c1cc(=O)cc(-c2cccs2)o1. The van der Waals surface area contributed by atoms with Gasteiger partial charge in [0.2, 0.25) is 5.76 Å². The average molecular weight is 222 g/mol. The van der Waals surface area contributed by atoms with Gasteiger partial charge in [-0.05, 0) is 11.4 Å². The summed E-state index contributed by atoms with van der Waals surface area (Å²) in [6.07, 6.45) is 0. The Bertz CT molecular complexity index is 539. The third-order valence-electron chi connectivity index (χ3n) is 1.74. The normalized spacial score (nSPS) is 10.1. The first kappa shape index (κ1) is 9.67. The van der Waals surface area contributed by atoms with Gasteiger partial charge in [0.25, 0.3) is 0 Å². The van der Waals surface area contributed by atoms with Gasteiger partial charge >= 0.3 is 5.97 Å². The summed E-state index contributed by atoms with van der Waals surface area (Å²) in [7, 11) is 0. The number of carboxylic acid groups (broad SMARTS) is 1. The van der Waals surface area contributed by atoms with Crippen molar-refractivity contribution in [2.45, 2.75) is 0 Å². The molecule has 0 atom stereocenters. The van der Waals surface area contributed by atoms with Crippen molar-refractivity contribution in [1.29, 1.82) is 0 Å². The van der Waals surface area contributed by atoms with Crippen molar-refractivity contribution >= 4 is 17.3 Å². The van der Waals surface area contributed by atoms with Gasteiger partial charge in [-0.1, -0.05) is 6.07 Å². The van der Waals surface area contributed by atoms with Crippen LogP contribution in [-0.4, -0.2) is 11.1 Å². The van der Waals surface area contributed by atoms with Crippen LogP contribution in [-0.2, 0) is 0 Å². The Morgan fingerprint density at radius 1 is 1.40 bits per heavy atom. The minimum absolute atomic E-state index is 0.287. The highest BCUT2D eigenvalue weighted by Gasteiger charge is 2.10. The van der Waals surface area contributed by atoms with Gasteiger partial charge in [0.15, 0.2) is 5.43 Å². The van der Waals surface area contributed by atoms with Gasteiger partial charge in [-0.15, -0.1) is 11.3 Å². The van der Waals surface area contributed by atoms with Crippen LogP contribution in [0, 0.1) is 0 Å². The Hall–Kier alpha value is -1.88. The molecule has 5 heteroatoms. The molecular weight excluding hydrogens is 216 g/mol. The third kappa shape index (κ3) is 1.97. The van der Waals surface area contributed by atoms with E-state index in [2.05, 4.69) is 0 Å². The van der Waals surface area contributed by atoms with Crippen LogP contribution < -0.4 is 5.43 Å². The van der Waals surface area contributed by atoms with E-state index in [-0.39, 0.29) is 16.9 Å². The Kier molecular flexibility index (Phi) is 2.39. The van der Waals surface area contributed by atoms with E-state index in [9.17, 15) is 9.59 Å². The summed E-state index contributed by atoms with van der Waals surface area (Å²) < 4.78 is 5.07. The van der Waals surface area contributed by atoms with E-state index in [1.165, 1.54) is 17.4 Å². The van der Waals surface area contributed by atoms with Crippen LogP contribution in [0.2, 0.25) is 0 Å². The first-order valence-electron chi connectivity index (χ1n) is 4.09. The topological polar surface area (TPSA) is 67.5 Å². The van der Waals surface area contributed by atoms with Crippen LogP contribution in [0.5, 0.6) is 0 Å². The van der Waals surface area contributed by atoms with Crippen LogP contribution in [0.1, 0.15) is 10.6 Å². The fourth-order valence-electron chi connectivity index (χ4n) is 1.12. The molecule has 0 saturated heterocycles. The van der Waals surface area contributed by atoms with Gasteiger partial charge in [0.1, 0.15) is 5.76 Å². The Morgan fingerprint density at radius 2 is 2.20 bits per heavy atom. The summed E-state index contributed by atoms with van der Waals surface area (Å²) >= 11 is 1.38. The van der Waals surface area contributed by atoms with E-state index >= 15 is 0 Å². The molecule has 0 aliphatic rings. The zero-order valence-corrected chi connectivity index (χ0v) is 8.28. The van der Waals surface area contributed by atoms with Crippen molar-refractivity contribution in [3.8, 4) is 10.6 Å². The monoisotopic (exact) mass is 222 g/mol. The highest BCUT2D eigenvalue weighted by Crippen LogP contribution is 2.23. The van der Waals surface area contributed by atoms with Crippen molar-refractivity contribution in [3.05, 3.63) is 45.6 Å². The lowest BCUT2D eigenvalue weighted by molar-refractivity contribution is 0.0661. The summed E-state index contributed by atoms with van der Waals surface area (Å²) in [6, 6.07) is 5.79. The molecule has 0 unspecified atom stereocenters. The molecular formula is C10H6O4S. The third-order valence-corrected chi connectivity index (χ3v) is 2.63. The number of rotatable bonds is 2. The van der Waals surface area contributed by atoms with Gasteiger partial charge in [-0.25, -0.2) is 4.79 Å². The molecule has 2 aromatic rings. The molecule has 0 amide bonds. The lowest BCUT2D eigenvalue weighted by Crippen LogP contribution is -2.05. The van der Waals surface area contributed by atoms with Crippen LogP contribution in [0.25, 0.3) is 10.6 Å². The van der Waals surface area contributed by atoms with Crippen LogP contribution >= 0.6 is 11.3 Å². The molecule has 4 nitrogen and oxygen atoms in total. The Morgan fingerprint density at radius 3 is 2.80 bits per heavy atom. The van der Waals surface area contributed by atoms with Crippen LogP contribution in [0.4, 0.5) is 0 Å². The number of aromatic carboxylic acids is 1. The minimum Gasteiger partial charge on any atom is -0.475 e. The maximum Gasteiger partial charge on any atom is 0.371 e. The zero-order chi connectivity index (χ0) is 10.8. The van der Waals surface area contributed by atoms with Crippen molar-refractivity contribution in [1.82, 2.24) is 0 Å². The molecule has 0 bridgehead atoms. The van der Waals surface area contributed by atoms with Crippen LogP contribution in [0.15, 0.2) is 38.9 Å². The second-order valence-corrected chi connectivity index (χ2v) is 3.75. The van der Waals surface area contributed by atoms with Crippen molar-refractivity contribution in [2.75, 3.05) is 0 Å². The van der Waals surface area contributed by atoms with E-state index < -0.39 is 5.97 Å². The zero-order valence-electron chi connectivity index (χ0n) is 7.47. The van der Waals surface area contributed by atoms with Crippen LogP contribution in [0.3, 0.4) is 0 Å². The van der Waals surface area contributed by atoms with Gasteiger partial charge in [0, 0.05) is 12.1 Å². The van der Waals surface area contributed by atoms with Gasteiger partial charge in [0.05, 0.1) is 4.88 Å². The van der Waals surface area contributed by atoms with E-state index in [1.54, 1.807) is 12.1 Å². The predicted molar refractivity (Wildman–Crippen MR) is 55.3 cm³/mol. The van der Waals surface area contributed by atoms with Crippen molar-refractivity contribution < 1.29 is 14.3 Å². The minimum atomic E-state index is -1.24. The second-order valence-electron chi connectivity index (χ2n) is 2.80. The van der Waals surface area contributed by atoms with Gasteiger partial charge in [-0.3, -0.25) is 4.79 Å². The fraction of sp³-hybridized carbons (Fsp3) is 0. The average Bonchev–Trinajstić information content (AvgIpc) is 2.69. The largest absolute Gasteiger partial charge is 0.475 e. The molecule has 2 aromatic heterocycles. The Labute approximate surface area is 88.4 Å². The summed E-state index contributed by atoms with van der Waals surface area (Å²) in [4.78, 5) is 22.6. The smallest absolute Gasteiger partial charge is 0.371 e. The molecule has 0 radical (unpaired) electrons. The van der Waals surface area contributed by atoms with E-state index in [1.807, 2.05) is 5.38 Å². The molecule has 2 rings (SSSR count). The summed E-state index contributed by atoms with van der Waals surface area (Å²) in [5, 5.41) is 10.5. The fourth-order valence-corrected chi connectivity index (χ4v) is 1.80. The number of carbonyl (C=O) groups is 1. The second kappa shape index (κ2) is 3.70. The van der Waals surface area contributed by atoms with Gasteiger partial charge in [-0.2, -0.15) is 0 Å². The summed E-state index contributed by atoms with van der Waals surface area (Å²) in [6.45, 7) is 0. The van der Waals surface area contributed by atoms with Gasteiger partial charge < -0.3 is 9.52 Å². The van der Waals surface area contributed by atoms with Crippen molar-refractivity contribution in [2.24, 2.45) is 0 Å². The molecule has 0 saturated carbocycles. The maximum absolute atomic E-state index is 11.2. The highest BCUT2D eigenvalue weighted by molar-refractivity contribution is 7.13. The molecule has 0 aliphatic heterocycles. The van der Waals surface area contributed by atoms with E-state index in [0.717, 1.165) is 10.9 Å². The maximum atomic E-state index is 11.2. The first-order valence-corrected chi connectivity index (χ1v) is 4.97. The predicted octanol–water partition coefficient (Wildman–Crippen LogP) is 2.07. The number of hydrogen-bond donors (Lipinski definition) is 1. The molecule has 0 aromatic carbocycles. The van der Waals surface area contributed by atoms with E-state index in [0.29, 0.717) is 0 Å². The lowest BCUT2D eigenvalue weighted by Gasteiger charge is -1.97.